The maximum Gasteiger partial charge on any atom is 0.179 e. The van der Waals surface area contributed by atoms with Crippen LogP contribution in [0.2, 0.25) is 0 Å². The van der Waals surface area contributed by atoms with E-state index in [9.17, 15) is 13.5 Å². The highest BCUT2D eigenvalue weighted by Gasteiger charge is 2.49. The van der Waals surface area contributed by atoms with E-state index in [4.69, 9.17) is 4.74 Å². The van der Waals surface area contributed by atoms with Crippen molar-refractivity contribution in [2.45, 2.75) is 82.1 Å². The second-order valence-corrected chi connectivity index (χ2v) is 16.0. The van der Waals surface area contributed by atoms with E-state index in [-0.39, 0.29) is 5.75 Å². The molecule has 2 aromatic rings. The number of anilines is 1. The summed E-state index contributed by atoms with van der Waals surface area (Å²) in [5.74, 6) is 0.378. The molecular formula is C36H56N3O4S+. The number of aliphatic hydroxyl groups excluding tert-OH is 1. The Morgan fingerprint density at radius 1 is 0.932 bits per heavy atom. The zero-order valence-corrected chi connectivity index (χ0v) is 28.5. The molecule has 0 aliphatic carbocycles. The van der Waals surface area contributed by atoms with E-state index in [1.165, 1.54) is 56.7 Å². The molecule has 0 aromatic heterocycles. The van der Waals surface area contributed by atoms with Gasteiger partial charge in [-0.2, -0.15) is 0 Å². The molecule has 7 nitrogen and oxygen atoms in total. The molecular weight excluding hydrogens is 570 g/mol. The van der Waals surface area contributed by atoms with Gasteiger partial charge >= 0.3 is 0 Å². The fourth-order valence-electron chi connectivity index (χ4n) is 7.97. The van der Waals surface area contributed by atoms with Crippen molar-refractivity contribution < 1.29 is 22.7 Å². The highest BCUT2D eigenvalue weighted by Crippen LogP contribution is 2.50. The zero-order valence-electron chi connectivity index (χ0n) is 27.6. The Labute approximate surface area is 266 Å². The minimum atomic E-state index is -3.61. The van der Waals surface area contributed by atoms with E-state index >= 15 is 0 Å². The maximum absolute atomic E-state index is 14.1. The van der Waals surface area contributed by atoms with Crippen LogP contribution < -0.4 is 9.64 Å². The number of aliphatic hydroxyl groups is 1. The summed E-state index contributed by atoms with van der Waals surface area (Å²) in [6.07, 6.45) is 6.54. The topological polar surface area (TPSA) is 70.1 Å². The molecule has 3 saturated heterocycles. The van der Waals surface area contributed by atoms with Gasteiger partial charge in [0.25, 0.3) is 0 Å². The Hall–Kier alpha value is -2.13. The largest absolute Gasteiger partial charge is 0.494 e. The predicted octanol–water partition coefficient (Wildman–Crippen LogP) is 5.70. The average molecular weight is 627 g/mol. The lowest BCUT2D eigenvalue weighted by Crippen LogP contribution is -2.67. The maximum atomic E-state index is 14.1. The molecule has 244 valence electrons. The number of rotatable bonds is 14. The van der Waals surface area contributed by atoms with E-state index < -0.39 is 27.3 Å². The monoisotopic (exact) mass is 626 g/mol. The summed E-state index contributed by atoms with van der Waals surface area (Å²) in [4.78, 5) is 4.95. The lowest BCUT2D eigenvalue weighted by Gasteiger charge is -2.50. The number of unbranched alkanes of at least 4 members (excludes halogenated alkanes) is 3. The number of hydrogen-bond donors (Lipinski definition) is 1. The number of nitrogens with zero attached hydrogens (tertiary/aromatic N) is 3. The lowest BCUT2D eigenvalue weighted by molar-refractivity contribution is -0.941. The minimum absolute atomic E-state index is 0.00850. The SMILES string of the molecule is CCCCC1(CCCC)CS(=O)(=O)c2ccc(N(C)C)cc2C(c2ccc(OCCCC[N+]34CCN(CC3)CC4)cc2)[C@H]1O. The van der Waals surface area contributed by atoms with Gasteiger partial charge in [-0.05, 0) is 67.1 Å². The van der Waals surface area contributed by atoms with E-state index in [1.54, 1.807) is 6.07 Å². The van der Waals surface area contributed by atoms with Crippen LogP contribution in [-0.2, 0) is 9.84 Å². The predicted molar refractivity (Wildman–Crippen MR) is 179 cm³/mol. The van der Waals surface area contributed by atoms with Gasteiger partial charge in [-0.1, -0.05) is 51.7 Å². The molecule has 4 aliphatic rings. The summed E-state index contributed by atoms with van der Waals surface area (Å²) in [5.41, 5.74) is 1.88. The number of ether oxygens (including phenoxy) is 1. The van der Waals surface area contributed by atoms with Crippen molar-refractivity contribution in [1.82, 2.24) is 4.90 Å². The van der Waals surface area contributed by atoms with E-state index in [0.717, 1.165) is 49.1 Å². The van der Waals surface area contributed by atoms with Gasteiger partial charge in [0.05, 0.1) is 49.5 Å². The standard InChI is InChI=1S/C36H56N3O4S/c1-5-7-17-36(18-8-6-2)28-44(41,42)33-16-13-30(37(3)4)27-32(33)34(35(36)40)29-11-14-31(15-12-29)43-26-10-9-22-39-23-19-38(20-24-39)21-25-39/h11-16,27,34-35,40H,5-10,17-26,28H2,1-4H3/q+1/t34?,35-/m1/s1. The van der Waals surface area contributed by atoms with Crippen LogP contribution in [0.4, 0.5) is 5.69 Å². The molecule has 44 heavy (non-hydrogen) atoms. The van der Waals surface area contributed by atoms with Crippen LogP contribution in [0, 0.1) is 5.41 Å². The smallest absolute Gasteiger partial charge is 0.179 e. The second-order valence-electron chi connectivity index (χ2n) is 14.1. The Morgan fingerprint density at radius 3 is 2.16 bits per heavy atom. The zero-order chi connectivity index (χ0) is 31.4. The van der Waals surface area contributed by atoms with Gasteiger partial charge in [0.2, 0.25) is 0 Å². The van der Waals surface area contributed by atoms with E-state index in [0.29, 0.717) is 29.9 Å². The molecule has 3 fully saturated rings. The molecule has 0 saturated carbocycles. The van der Waals surface area contributed by atoms with Gasteiger partial charge in [-0.25, -0.2) is 8.42 Å². The number of quaternary nitrogens is 1. The number of benzene rings is 2. The average Bonchev–Trinajstić information content (AvgIpc) is 3.10. The summed E-state index contributed by atoms with van der Waals surface area (Å²) in [6.45, 7) is 13.9. The van der Waals surface area contributed by atoms with Gasteiger partial charge in [0, 0.05) is 50.7 Å². The van der Waals surface area contributed by atoms with Crippen molar-refractivity contribution >= 4 is 15.5 Å². The van der Waals surface area contributed by atoms with Crippen LogP contribution >= 0.6 is 0 Å². The number of sulfone groups is 1. The van der Waals surface area contributed by atoms with Crippen LogP contribution in [0.5, 0.6) is 5.75 Å². The van der Waals surface area contributed by atoms with Crippen LogP contribution in [-0.4, -0.2) is 101 Å². The van der Waals surface area contributed by atoms with Crippen LogP contribution in [0.1, 0.15) is 82.3 Å². The van der Waals surface area contributed by atoms with Gasteiger partial charge < -0.3 is 19.2 Å². The summed E-state index contributed by atoms with van der Waals surface area (Å²) in [6, 6.07) is 13.7. The molecule has 4 heterocycles. The fraction of sp³-hybridized carbons (Fsp3) is 0.667. The van der Waals surface area contributed by atoms with E-state index in [1.807, 2.05) is 55.4 Å². The number of hydrogen-bond acceptors (Lipinski definition) is 6. The Bertz CT molecular complexity index is 1310. The van der Waals surface area contributed by atoms with Crippen LogP contribution in [0.15, 0.2) is 47.4 Å². The fourth-order valence-corrected chi connectivity index (χ4v) is 10.2. The molecule has 0 spiro atoms. The van der Waals surface area contributed by atoms with Gasteiger partial charge in [-0.3, -0.25) is 4.90 Å². The normalized spacial score (nSPS) is 27.0. The molecule has 2 bridgehead atoms. The molecule has 1 N–H and O–H groups in total. The summed E-state index contributed by atoms with van der Waals surface area (Å²) >= 11 is 0. The van der Waals surface area contributed by atoms with Crippen LogP contribution in [0.3, 0.4) is 0 Å². The molecule has 6 rings (SSSR count). The third-order valence-corrected chi connectivity index (χ3v) is 12.9. The summed E-state index contributed by atoms with van der Waals surface area (Å²) < 4.78 is 35.6. The number of fused-ring (bicyclic) bond motifs is 4. The van der Waals surface area contributed by atoms with Crippen molar-refractivity contribution in [3.63, 3.8) is 0 Å². The van der Waals surface area contributed by atoms with E-state index in [2.05, 4.69) is 18.7 Å². The highest BCUT2D eigenvalue weighted by atomic mass is 32.2. The Kier molecular flexibility index (Phi) is 10.7. The first kappa shape index (κ1) is 33.2. The molecule has 0 amide bonds. The first-order valence-electron chi connectivity index (χ1n) is 17.1. The molecule has 2 atom stereocenters. The van der Waals surface area contributed by atoms with Gasteiger partial charge in [-0.15, -0.1) is 0 Å². The van der Waals surface area contributed by atoms with Gasteiger partial charge in [0.15, 0.2) is 9.84 Å². The lowest BCUT2D eigenvalue weighted by atomic mass is 9.68. The van der Waals surface area contributed by atoms with Crippen molar-refractivity contribution in [3.05, 3.63) is 53.6 Å². The molecule has 2 aromatic carbocycles. The molecule has 4 aliphatic heterocycles. The third kappa shape index (κ3) is 7.14. The second kappa shape index (κ2) is 14.1. The Balaban J connectivity index is 1.37. The Morgan fingerprint density at radius 2 is 1.57 bits per heavy atom. The first-order valence-corrected chi connectivity index (χ1v) is 18.8. The minimum Gasteiger partial charge on any atom is -0.494 e. The van der Waals surface area contributed by atoms with Crippen molar-refractivity contribution in [1.29, 1.82) is 0 Å². The van der Waals surface area contributed by atoms with Crippen molar-refractivity contribution in [2.24, 2.45) is 5.41 Å². The van der Waals surface area contributed by atoms with Crippen LogP contribution in [0.25, 0.3) is 0 Å². The van der Waals surface area contributed by atoms with Crippen molar-refractivity contribution in [2.75, 3.05) is 77.2 Å². The highest BCUT2D eigenvalue weighted by molar-refractivity contribution is 7.91. The first-order chi connectivity index (χ1) is 21.1. The van der Waals surface area contributed by atoms with Gasteiger partial charge in [0.1, 0.15) is 5.75 Å². The third-order valence-electron chi connectivity index (χ3n) is 10.9. The van der Waals surface area contributed by atoms with Crippen molar-refractivity contribution in [3.8, 4) is 5.75 Å². The number of piperazine rings is 3. The molecule has 8 heteroatoms. The summed E-state index contributed by atoms with van der Waals surface area (Å²) in [5, 5.41) is 12.4. The molecule has 1 unspecified atom stereocenters. The molecule has 0 radical (unpaired) electrons. The quantitative estimate of drug-likeness (QED) is 0.214. The summed E-state index contributed by atoms with van der Waals surface area (Å²) in [7, 11) is 0.324.